The molecular formula is C17H25FN6O. The molecular weight excluding hydrogens is 323 g/mol. The van der Waals surface area contributed by atoms with Gasteiger partial charge in [0.2, 0.25) is 5.91 Å². The molecule has 1 aromatic heterocycles. The maximum absolute atomic E-state index is 13.9. The van der Waals surface area contributed by atoms with E-state index in [0.717, 1.165) is 6.42 Å². The number of carbonyl (C=O) groups excluding carboxylic acids is 1. The van der Waals surface area contributed by atoms with E-state index in [1.165, 1.54) is 11.0 Å². The SMILES string of the molecule is C=CCNC(=NCC(=O)N(C)C)NC1CCN(c2ncccc2F)C1. The molecule has 1 saturated heterocycles. The number of anilines is 1. The Morgan fingerprint density at radius 1 is 1.60 bits per heavy atom. The number of rotatable bonds is 6. The van der Waals surface area contributed by atoms with Gasteiger partial charge in [-0.15, -0.1) is 6.58 Å². The van der Waals surface area contributed by atoms with Crippen molar-refractivity contribution in [3.63, 3.8) is 0 Å². The lowest BCUT2D eigenvalue weighted by Gasteiger charge is -2.20. The first-order valence-electron chi connectivity index (χ1n) is 8.22. The standard InChI is InChI=1S/C17H25FN6O/c1-4-8-20-17(21-11-15(25)23(2)3)22-13-7-10-24(12-13)16-14(18)6-5-9-19-16/h4-6,9,13H,1,7-8,10-12H2,2-3H3,(H2,20,21,22). The van der Waals surface area contributed by atoms with E-state index in [1.807, 2.05) is 4.90 Å². The summed E-state index contributed by atoms with van der Waals surface area (Å²) in [6, 6.07) is 3.08. The van der Waals surface area contributed by atoms with Crippen molar-refractivity contribution in [3.8, 4) is 0 Å². The molecule has 25 heavy (non-hydrogen) atoms. The van der Waals surface area contributed by atoms with Crippen LogP contribution in [-0.2, 0) is 4.79 Å². The third-order valence-electron chi connectivity index (χ3n) is 3.85. The highest BCUT2D eigenvalue weighted by Crippen LogP contribution is 2.20. The minimum atomic E-state index is -0.321. The van der Waals surface area contributed by atoms with Crippen LogP contribution in [0.15, 0.2) is 36.0 Å². The van der Waals surface area contributed by atoms with Gasteiger partial charge in [-0.3, -0.25) is 4.79 Å². The Morgan fingerprint density at radius 3 is 3.08 bits per heavy atom. The third-order valence-corrected chi connectivity index (χ3v) is 3.85. The minimum absolute atomic E-state index is 0.0603. The van der Waals surface area contributed by atoms with E-state index in [2.05, 4.69) is 27.2 Å². The molecule has 0 aliphatic carbocycles. The summed E-state index contributed by atoms with van der Waals surface area (Å²) in [5, 5.41) is 6.39. The van der Waals surface area contributed by atoms with Crippen LogP contribution in [0.1, 0.15) is 6.42 Å². The van der Waals surface area contributed by atoms with E-state index >= 15 is 0 Å². The summed E-state index contributed by atoms with van der Waals surface area (Å²) in [5.41, 5.74) is 0. The summed E-state index contributed by atoms with van der Waals surface area (Å²) in [4.78, 5) is 23.5. The predicted molar refractivity (Wildman–Crippen MR) is 97.1 cm³/mol. The van der Waals surface area contributed by atoms with E-state index < -0.39 is 0 Å². The molecule has 2 rings (SSSR count). The number of aliphatic imine (C=N–C) groups is 1. The average Bonchev–Trinajstić information content (AvgIpc) is 3.05. The number of hydrogen-bond donors (Lipinski definition) is 2. The Labute approximate surface area is 147 Å². The second-order valence-corrected chi connectivity index (χ2v) is 6.01. The highest BCUT2D eigenvalue weighted by Gasteiger charge is 2.26. The quantitative estimate of drug-likeness (QED) is 0.448. The molecule has 0 aromatic carbocycles. The Kier molecular flexibility index (Phi) is 6.73. The maximum atomic E-state index is 13.9. The number of carbonyl (C=O) groups is 1. The molecule has 1 aliphatic rings. The fraction of sp³-hybridized carbons (Fsp3) is 0.471. The molecule has 2 N–H and O–H groups in total. The molecule has 1 unspecified atom stereocenters. The Balaban J connectivity index is 1.97. The molecule has 1 atom stereocenters. The number of hydrogen-bond acceptors (Lipinski definition) is 4. The summed E-state index contributed by atoms with van der Waals surface area (Å²) in [7, 11) is 3.39. The fourth-order valence-electron chi connectivity index (χ4n) is 2.48. The van der Waals surface area contributed by atoms with Gasteiger partial charge >= 0.3 is 0 Å². The molecule has 1 aliphatic heterocycles. The number of pyridine rings is 1. The van der Waals surface area contributed by atoms with E-state index in [0.29, 0.717) is 31.4 Å². The lowest BCUT2D eigenvalue weighted by molar-refractivity contribution is -0.127. The van der Waals surface area contributed by atoms with Crippen LogP contribution < -0.4 is 15.5 Å². The molecule has 7 nitrogen and oxygen atoms in total. The van der Waals surface area contributed by atoms with Crippen LogP contribution in [0, 0.1) is 5.82 Å². The number of nitrogens with one attached hydrogen (secondary N) is 2. The first-order chi connectivity index (χ1) is 12.0. The number of guanidine groups is 1. The van der Waals surface area contributed by atoms with Crippen LogP contribution in [0.2, 0.25) is 0 Å². The van der Waals surface area contributed by atoms with Crippen LogP contribution in [0.4, 0.5) is 10.2 Å². The van der Waals surface area contributed by atoms with Crippen molar-refractivity contribution in [1.82, 2.24) is 20.5 Å². The van der Waals surface area contributed by atoms with Crippen molar-refractivity contribution in [1.29, 1.82) is 0 Å². The molecule has 2 heterocycles. The smallest absolute Gasteiger partial charge is 0.243 e. The van der Waals surface area contributed by atoms with Gasteiger partial charge in [-0.2, -0.15) is 0 Å². The normalized spacial score (nSPS) is 17.3. The van der Waals surface area contributed by atoms with Crippen LogP contribution >= 0.6 is 0 Å². The summed E-state index contributed by atoms with van der Waals surface area (Å²) in [6.07, 6.45) is 4.13. The number of aromatic nitrogens is 1. The largest absolute Gasteiger partial charge is 0.353 e. The monoisotopic (exact) mass is 348 g/mol. The van der Waals surface area contributed by atoms with Gasteiger partial charge in [0, 0.05) is 46.0 Å². The summed E-state index contributed by atoms with van der Waals surface area (Å²) < 4.78 is 13.9. The Hall–Kier alpha value is -2.64. The van der Waals surface area contributed by atoms with Gasteiger partial charge in [-0.1, -0.05) is 6.08 Å². The molecule has 136 valence electrons. The molecule has 8 heteroatoms. The topological polar surface area (TPSA) is 72.9 Å². The molecule has 0 spiro atoms. The lowest BCUT2D eigenvalue weighted by atomic mass is 10.3. The highest BCUT2D eigenvalue weighted by atomic mass is 19.1. The summed E-state index contributed by atoms with van der Waals surface area (Å²) >= 11 is 0. The fourth-order valence-corrected chi connectivity index (χ4v) is 2.48. The zero-order chi connectivity index (χ0) is 18.2. The van der Waals surface area contributed by atoms with E-state index in [4.69, 9.17) is 0 Å². The van der Waals surface area contributed by atoms with Gasteiger partial charge < -0.3 is 20.4 Å². The van der Waals surface area contributed by atoms with Gasteiger partial charge in [0.1, 0.15) is 6.54 Å². The van der Waals surface area contributed by atoms with Crippen molar-refractivity contribution >= 4 is 17.7 Å². The second-order valence-electron chi connectivity index (χ2n) is 6.01. The van der Waals surface area contributed by atoms with Crippen LogP contribution in [-0.4, -0.2) is 68.1 Å². The van der Waals surface area contributed by atoms with Gasteiger partial charge in [-0.05, 0) is 18.6 Å². The van der Waals surface area contributed by atoms with Gasteiger partial charge in [0.05, 0.1) is 0 Å². The molecule has 1 aromatic rings. The van der Waals surface area contributed by atoms with Crippen molar-refractivity contribution in [2.45, 2.75) is 12.5 Å². The predicted octanol–water partition coefficient (Wildman–Crippen LogP) is 0.609. The zero-order valence-corrected chi connectivity index (χ0v) is 14.7. The van der Waals surface area contributed by atoms with Crippen molar-refractivity contribution in [2.75, 3.05) is 45.2 Å². The maximum Gasteiger partial charge on any atom is 0.243 e. The summed E-state index contributed by atoms with van der Waals surface area (Å²) in [5.74, 6) is 0.511. The van der Waals surface area contributed by atoms with Crippen molar-refractivity contribution in [2.24, 2.45) is 4.99 Å². The first kappa shape index (κ1) is 18.7. The summed E-state index contributed by atoms with van der Waals surface area (Å²) in [6.45, 7) is 5.59. The Morgan fingerprint density at radius 2 is 2.40 bits per heavy atom. The minimum Gasteiger partial charge on any atom is -0.353 e. The Bertz CT molecular complexity index is 633. The number of nitrogens with zero attached hydrogens (tertiary/aromatic N) is 4. The van der Waals surface area contributed by atoms with E-state index in [1.54, 1.807) is 32.4 Å². The van der Waals surface area contributed by atoms with Gasteiger partial charge in [-0.25, -0.2) is 14.4 Å². The average molecular weight is 348 g/mol. The second kappa shape index (κ2) is 9.00. The van der Waals surface area contributed by atoms with Crippen LogP contribution in [0.3, 0.4) is 0 Å². The van der Waals surface area contributed by atoms with Gasteiger partial charge in [0.15, 0.2) is 17.6 Å². The molecule has 0 saturated carbocycles. The molecule has 1 fully saturated rings. The first-order valence-corrected chi connectivity index (χ1v) is 8.22. The molecule has 1 amide bonds. The number of halogens is 1. The number of likely N-dealkylation sites (N-methyl/N-ethyl adjacent to an activating group) is 1. The van der Waals surface area contributed by atoms with E-state index in [9.17, 15) is 9.18 Å². The third kappa shape index (κ3) is 5.44. The lowest BCUT2D eigenvalue weighted by Crippen LogP contribution is -2.45. The van der Waals surface area contributed by atoms with Gasteiger partial charge in [0.25, 0.3) is 0 Å². The van der Waals surface area contributed by atoms with Crippen LogP contribution in [0.25, 0.3) is 0 Å². The molecule has 0 bridgehead atoms. The highest BCUT2D eigenvalue weighted by molar-refractivity contribution is 5.85. The van der Waals surface area contributed by atoms with E-state index in [-0.39, 0.29) is 24.3 Å². The van der Waals surface area contributed by atoms with Crippen LogP contribution in [0.5, 0.6) is 0 Å². The molecule has 0 radical (unpaired) electrons. The number of amides is 1. The van der Waals surface area contributed by atoms with Crippen molar-refractivity contribution < 1.29 is 9.18 Å². The van der Waals surface area contributed by atoms with Crippen molar-refractivity contribution in [3.05, 3.63) is 36.8 Å². The zero-order valence-electron chi connectivity index (χ0n) is 14.7.